The number of nitrogens with two attached hydrogens (primary N) is 3. The smallest absolute Gasteiger partial charge is 0.320 e. The van der Waals surface area contributed by atoms with Gasteiger partial charge in [0.1, 0.15) is 6.61 Å². The molecule has 2 rings (SSSR count). The predicted octanol–water partition coefficient (Wildman–Crippen LogP) is 0.428. The van der Waals surface area contributed by atoms with Crippen LogP contribution in [0, 0.1) is 0 Å². The van der Waals surface area contributed by atoms with Crippen LogP contribution < -0.4 is 21.9 Å². The molecule has 0 fully saturated rings. The van der Waals surface area contributed by atoms with Crippen molar-refractivity contribution in [1.82, 2.24) is 19.5 Å². The number of rotatable bonds is 6. The van der Waals surface area contributed by atoms with Crippen molar-refractivity contribution in [3.05, 3.63) is 6.33 Å². The Balaban J connectivity index is 2.48. The zero-order valence-corrected chi connectivity index (χ0v) is 13.0. The Bertz CT molecular complexity index is 674. The van der Waals surface area contributed by atoms with Crippen LogP contribution >= 0.6 is 0 Å². The number of hydrogen-bond donors (Lipinski definition) is 3. The molecular weight excluding hydrogens is 284 g/mol. The molecule has 0 aliphatic heterocycles. The Morgan fingerprint density at radius 1 is 1.36 bits per heavy atom. The van der Waals surface area contributed by atoms with Crippen LogP contribution in [0.1, 0.15) is 33.2 Å². The Kier molecular flexibility index (Phi) is 4.76. The fourth-order valence-corrected chi connectivity index (χ4v) is 1.82. The van der Waals surface area contributed by atoms with Crippen molar-refractivity contribution in [2.24, 2.45) is 22.2 Å². The molecule has 6 N–H and O–H groups in total. The van der Waals surface area contributed by atoms with Crippen LogP contribution in [-0.4, -0.2) is 38.1 Å². The first-order valence-corrected chi connectivity index (χ1v) is 7.15. The van der Waals surface area contributed by atoms with E-state index in [2.05, 4.69) is 19.9 Å². The maximum Gasteiger partial charge on any atom is 0.320 e. The molecule has 0 aromatic carbocycles. The van der Waals surface area contributed by atoms with Crippen molar-refractivity contribution >= 4 is 22.9 Å². The van der Waals surface area contributed by atoms with E-state index in [0.717, 1.165) is 6.42 Å². The van der Waals surface area contributed by atoms with Crippen molar-refractivity contribution in [2.75, 3.05) is 6.61 Å². The first-order chi connectivity index (χ1) is 10.4. The second-order valence-electron chi connectivity index (χ2n) is 5.26. The largest absolute Gasteiger partial charge is 0.462 e. The number of guanidine groups is 1. The van der Waals surface area contributed by atoms with E-state index in [1.807, 2.05) is 25.3 Å². The minimum Gasteiger partial charge on any atom is -0.462 e. The number of aliphatic imine (C=N–C) groups is 1. The SMILES string of the molecule is CC[C@@H](N)COc1nc(N=C(N)N)c2ncn(C(C)C)c2n1. The molecule has 0 spiro atoms. The van der Waals surface area contributed by atoms with Gasteiger partial charge in [-0.1, -0.05) is 6.92 Å². The molecule has 1 atom stereocenters. The molecule has 120 valence electrons. The van der Waals surface area contributed by atoms with E-state index in [0.29, 0.717) is 17.8 Å². The summed E-state index contributed by atoms with van der Waals surface area (Å²) in [5, 5.41) is 0. The van der Waals surface area contributed by atoms with Crippen molar-refractivity contribution in [3.8, 4) is 6.01 Å². The standard InChI is InChI=1S/C13H22N8O/c1-4-8(14)5-22-13-19-10(18-12(15)16)9-11(20-13)21(6-17-9)7(2)3/h6-8H,4-5,14H2,1-3H3,(H4,15,16,18,19,20)/t8-/m1/s1. The lowest BCUT2D eigenvalue weighted by atomic mass is 10.3. The number of nitrogens with zero attached hydrogens (tertiary/aromatic N) is 5. The van der Waals surface area contributed by atoms with Gasteiger partial charge < -0.3 is 26.5 Å². The average molecular weight is 306 g/mol. The van der Waals surface area contributed by atoms with Crippen LogP contribution in [0.4, 0.5) is 5.82 Å². The maximum absolute atomic E-state index is 5.84. The highest BCUT2D eigenvalue weighted by Crippen LogP contribution is 2.25. The summed E-state index contributed by atoms with van der Waals surface area (Å²) in [6.07, 6.45) is 2.48. The molecule has 2 aromatic rings. The fraction of sp³-hybridized carbons (Fsp3) is 0.538. The van der Waals surface area contributed by atoms with E-state index >= 15 is 0 Å². The molecule has 0 saturated carbocycles. The van der Waals surface area contributed by atoms with Crippen LogP contribution in [0.3, 0.4) is 0 Å². The molecule has 0 aliphatic rings. The van der Waals surface area contributed by atoms with E-state index in [9.17, 15) is 0 Å². The van der Waals surface area contributed by atoms with Gasteiger partial charge in [0.15, 0.2) is 22.9 Å². The van der Waals surface area contributed by atoms with Crippen molar-refractivity contribution in [1.29, 1.82) is 0 Å². The summed E-state index contributed by atoms with van der Waals surface area (Å²) in [4.78, 5) is 16.9. The maximum atomic E-state index is 5.84. The van der Waals surface area contributed by atoms with Crippen molar-refractivity contribution in [2.45, 2.75) is 39.3 Å². The summed E-state index contributed by atoms with van der Waals surface area (Å²) in [6.45, 7) is 6.35. The van der Waals surface area contributed by atoms with Gasteiger partial charge in [-0.2, -0.15) is 15.0 Å². The fourth-order valence-electron chi connectivity index (χ4n) is 1.82. The predicted molar refractivity (Wildman–Crippen MR) is 84.9 cm³/mol. The van der Waals surface area contributed by atoms with Gasteiger partial charge in [0, 0.05) is 12.1 Å². The van der Waals surface area contributed by atoms with Gasteiger partial charge in [-0.15, -0.1) is 0 Å². The molecule has 9 nitrogen and oxygen atoms in total. The van der Waals surface area contributed by atoms with Gasteiger partial charge in [0.25, 0.3) is 0 Å². The first kappa shape index (κ1) is 16.0. The Morgan fingerprint density at radius 2 is 2.09 bits per heavy atom. The number of hydrogen-bond acceptors (Lipinski definition) is 6. The third-order valence-electron chi connectivity index (χ3n) is 3.12. The summed E-state index contributed by atoms with van der Waals surface area (Å²) in [7, 11) is 0. The van der Waals surface area contributed by atoms with Gasteiger partial charge in [-0.05, 0) is 20.3 Å². The summed E-state index contributed by atoms with van der Waals surface area (Å²) < 4.78 is 7.45. The summed E-state index contributed by atoms with van der Waals surface area (Å²) in [5.41, 5.74) is 17.9. The molecule has 0 saturated heterocycles. The van der Waals surface area contributed by atoms with Crippen LogP contribution in [-0.2, 0) is 0 Å². The monoisotopic (exact) mass is 306 g/mol. The summed E-state index contributed by atoms with van der Waals surface area (Å²) in [5.74, 6) is 0.180. The summed E-state index contributed by atoms with van der Waals surface area (Å²) in [6, 6.07) is 0.275. The molecule has 0 bridgehead atoms. The molecule has 22 heavy (non-hydrogen) atoms. The Morgan fingerprint density at radius 3 is 2.68 bits per heavy atom. The van der Waals surface area contributed by atoms with Crippen LogP contribution in [0.5, 0.6) is 6.01 Å². The van der Waals surface area contributed by atoms with E-state index < -0.39 is 0 Å². The van der Waals surface area contributed by atoms with Gasteiger partial charge >= 0.3 is 6.01 Å². The highest BCUT2D eigenvalue weighted by molar-refractivity contribution is 5.87. The minimum atomic E-state index is -0.102. The number of imidazole rings is 1. The topological polar surface area (TPSA) is 143 Å². The Hall–Kier alpha value is -2.42. The first-order valence-electron chi connectivity index (χ1n) is 7.15. The number of fused-ring (bicyclic) bond motifs is 1. The second kappa shape index (κ2) is 6.56. The number of aromatic nitrogens is 4. The average Bonchev–Trinajstić information content (AvgIpc) is 2.88. The third-order valence-corrected chi connectivity index (χ3v) is 3.12. The van der Waals surface area contributed by atoms with E-state index in [1.165, 1.54) is 0 Å². The second-order valence-corrected chi connectivity index (χ2v) is 5.26. The van der Waals surface area contributed by atoms with Crippen molar-refractivity contribution in [3.63, 3.8) is 0 Å². The highest BCUT2D eigenvalue weighted by atomic mass is 16.5. The van der Waals surface area contributed by atoms with Crippen LogP contribution in [0.2, 0.25) is 0 Å². The molecule has 0 aliphatic carbocycles. The molecular formula is C13H22N8O. The Labute approximate surface area is 128 Å². The summed E-state index contributed by atoms with van der Waals surface area (Å²) >= 11 is 0. The molecule has 0 radical (unpaired) electrons. The molecule has 0 amide bonds. The van der Waals surface area contributed by atoms with Gasteiger partial charge in [0.05, 0.1) is 6.33 Å². The lowest BCUT2D eigenvalue weighted by Crippen LogP contribution is -2.27. The lowest BCUT2D eigenvalue weighted by Gasteiger charge is -2.11. The third kappa shape index (κ3) is 3.42. The number of ether oxygens (including phenoxy) is 1. The van der Waals surface area contributed by atoms with E-state index in [1.54, 1.807) is 6.33 Å². The molecule has 2 heterocycles. The van der Waals surface area contributed by atoms with Crippen LogP contribution in [0.15, 0.2) is 11.3 Å². The van der Waals surface area contributed by atoms with Gasteiger partial charge in [-0.3, -0.25) is 0 Å². The minimum absolute atomic E-state index is 0.0826. The zero-order valence-electron chi connectivity index (χ0n) is 13.0. The van der Waals surface area contributed by atoms with Crippen molar-refractivity contribution < 1.29 is 4.74 Å². The lowest BCUT2D eigenvalue weighted by molar-refractivity contribution is 0.265. The normalized spacial score (nSPS) is 12.6. The molecule has 9 heteroatoms. The van der Waals surface area contributed by atoms with E-state index in [4.69, 9.17) is 21.9 Å². The van der Waals surface area contributed by atoms with Crippen LogP contribution in [0.25, 0.3) is 11.2 Å². The van der Waals surface area contributed by atoms with Gasteiger partial charge in [-0.25, -0.2) is 4.98 Å². The molecule has 2 aromatic heterocycles. The zero-order chi connectivity index (χ0) is 16.3. The quantitative estimate of drug-likeness (QED) is 0.518. The van der Waals surface area contributed by atoms with Gasteiger partial charge in [0.2, 0.25) is 0 Å². The molecule has 0 unspecified atom stereocenters. The van der Waals surface area contributed by atoms with E-state index in [-0.39, 0.29) is 29.9 Å². The highest BCUT2D eigenvalue weighted by Gasteiger charge is 2.16.